The van der Waals surface area contributed by atoms with E-state index in [1.807, 2.05) is 13.8 Å². The van der Waals surface area contributed by atoms with Crippen LogP contribution in [0.25, 0.3) is 11.0 Å². The third-order valence-electron chi connectivity index (χ3n) is 3.93. The molecule has 1 unspecified atom stereocenters. The van der Waals surface area contributed by atoms with E-state index in [4.69, 9.17) is 4.52 Å². The van der Waals surface area contributed by atoms with Gasteiger partial charge in [0.1, 0.15) is 6.04 Å². The Kier molecular flexibility index (Phi) is 4.52. The number of carbonyl (C=O) groups is 1. The van der Waals surface area contributed by atoms with E-state index in [2.05, 4.69) is 15.5 Å². The molecule has 132 valence electrons. The van der Waals surface area contributed by atoms with Crippen molar-refractivity contribution in [2.75, 3.05) is 0 Å². The molecule has 0 saturated heterocycles. The maximum absolute atomic E-state index is 13.6. The molecule has 0 spiro atoms. The molecular weight excluding hydrogens is 330 g/mol. The number of imidazole rings is 1. The van der Waals surface area contributed by atoms with Gasteiger partial charge in [-0.2, -0.15) is 0 Å². The molecule has 1 amide bonds. The Morgan fingerprint density at radius 3 is 2.64 bits per heavy atom. The Morgan fingerprint density at radius 2 is 2.00 bits per heavy atom. The van der Waals surface area contributed by atoms with Crippen molar-refractivity contribution in [2.24, 2.45) is 5.92 Å². The van der Waals surface area contributed by atoms with Gasteiger partial charge >= 0.3 is 0 Å². The molecule has 6 nitrogen and oxygen atoms in total. The summed E-state index contributed by atoms with van der Waals surface area (Å²) in [6, 6.07) is 3.18. The number of amides is 1. The van der Waals surface area contributed by atoms with Crippen LogP contribution in [0.3, 0.4) is 0 Å². The van der Waals surface area contributed by atoms with Crippen molar-refractivity contribution < 1.29 is 18.1 Å². The molecule has 3 rings (SSSR count). The van der Waals surface area contributed by atoms with Crippen LogP contribution in [0.4, 0.5) is 8.78 Å². The van der Waals surface area contributed by atoms with Gasteiger partial charge in [0, 0.05) is 18.2 Å². The van der Waals surface area contributed by atoms with Crippen LogP contribution in [-0.4, -0.2) is 20.6 Å². The van der Waals surface area contributed by atoms with Crippen LogP contribution in [0.15, 0.2) is 29.0 Å². The fraction of sp³-hybridized carbons (Fsp3) is 0.353. The highest BCUT2D eigenvalue weighted by molar-refractivity contribution is 5.84. The summed E-state index contributed by atoms with van der Waals surface area (Å²) in [5, 5.41) is 6.55. The summed E-state index contributed by atoms with van der Waals surface area (Å²) in [6.45, 7) is 5.72. The topological polar surface area (TPSA) is 73.0 Å². The maximum Gasteiger partial charge on any atom is 0.243 e. The predicted octanol–water partition coefficient (Wildman–Crippen LogP) is 3.12. The SMILES string of the molecule is Cc1cc(CNC(=O)C(C(C)C)n2cnc3cc(F)c(F)cc32)on1. The van der Waals surface area contributed by atoms with E-state index in [1.165, 1.54) is 6.33 Å². The molecule has 1 N–H and O–H groups in total. The van der Waals surface area contributed by atoms with Gasteiger partial charge < -0.3 is 14.4 Å². The van der Waals surface area contributed by atoms with Crippen molar-refractivity contribution >= 4 is 16.9 Å². The minimum atomic E-state index is -0.978. The van der Waals surface area contributed by atoms with Crippen molar-refractivity contribution in [3.05, 3.63) is 47.6 Å². The summed E-state index contributed by atoms with van der Waals surface area (Å²) in [5.41, 5.74) is 1.38. The summed E-state index contributed by atoms with van der Waals surface area (Å²) < 4.78 is 33.6. The highest BCUT2D eigenvalue weighted by Crippen LogP contribution is 2.25. The Labute approximate surface area is 142 Å². The van der Waals surface area contributed by atoms with Crippen LogP contribution in [0.5, 0.6) is 0 Å². The second kappa shape index (κ2) is 6.62. The van der Waals surface area contributed by atoms with Gasteiger partial charge in [0.05, 0.1) is 29.6 Å². The first-order chi connectivity index (χ1) is 11.9. The molecule has 0 fully saturated rings. The van der Waals surface area contributed by atoms with E-state index in [9.17, 15) is 13.6 Å². The molecule has 0 aliphatic rings. The summed E-state index contributed by atoms with van der Waals surface area (Å²) in [6.07, 6.45) is 1.42. The van der Waals surface area contributed by atoms with E-state index in [-0.39, 0.29) is 18.4 Å². The second-order valence-corrected chi connectivity index (χ2v) is 6.25. The first-order valence-electron chi connectivity index (χ1n) is 7.88. The minimum Gasteiger partial charge on any atom is -0.359 e. The standard InChI is InChI=1S/C17H18F2N4O2/c1-9(2)16(17(24)20-7-11-4-10(3)22-25-11)23-8-21-14-5-12(18)13(19)6-15(14)23/h4-6,8-9,16H,7H2,1-3H3,(H,20,24). The zero-order chi connectivity index (χ0) is 18.1. The van der Waals surface area contributed by atoms with E-state index in [1.54, 1.807) is 17.6 Å². The van der Waals surface area contributed by atoms with Gasteiger partial charge in [0.25, 0.3) is 0 Å². The molecule has 2 heterocycles. The Hall–Kier alpha value is -2.77. The lowest BCUT2D eigenvalue weighted by Crippen LogP contribution is -2.34. The summed E-state index contributed by atoms with van der Waals surface area (Å²) in [7, 11) is 0. The van der Waals surface area contributed by atoms with Crippen LogP contribution < -0.4 is 5.32 Å². The lowest BCUT2D eigenvalue weighted by atomic mass is 10.0. The number of halogens is 2. The monoisotopic (exact) mass is 348 g/mol. The number of benzene rings is 1. The Balaban J connectivity index is 1.88. The summed E-state index contributed by atoms with van der Waals surface area (Å²) >= 11 is 0. The third kappa shape index (κ3) is 3.38. The molecule has 1 atom stereocenters. The number of aromatic nitrogens is 3. The Morgan fingerprint density at radius 1 is 1.28 bits per heavy atom. The first kappa shape index (κ1) is 17.1. The van der Waals surface area contributed by atoms with Gasteiger partial charge in [-0.25, -0.2) is 13.8 Å². The molecule has 25 heavy (non-hydrogen) atoms. The third-order valence-corrected chi connectivity index (χ3v) is 3.93. The largest absolute Gasteiger partial charge is 0.359 e. The molecule has 0 aliphatic heterocycles. The maximum atomic E-state index is 13.6. The van der Waals surface area contributed by atoms with Gasteiger partial charge in [-0.1, -0.05) is 19.0 Å². The summed E-state index contributed by atoms with van der Waals surface area (Å²) in [4.78, 5) is 16.7. The summed E-state index contributed by atoms with van der Waals surface area (Å²) in [5.74, 6) is -1.77. The molecule has 0 saturated carbocycles. The Bertz CT molecular complexity index is 917. The van der Waals surface area contributed by atoms with Gasteiger partial charge in [-0.05, 0) is 12.8 Å². The molecule has 0 aliphatic carbocycles. The number of hydrogen-bond donors (Lipinski definition) is 1. The van der Waals surface area contributed by atoms with Crippen molar-refractivity contribution in [1.29, 1.82) is 0 Å². The van der Waals surface area contributed by atoms with Gasteiger partial charge in [-0.15, -0.1) is 0 Å². The van der Waals surface area contributed by atoms with E-state index >= 15 is 0 Å². The van der Waals surface area contributed by atoms with Crippen LogP contribution in [-0.2, 0) is 11.3 Å². The van der Waals surface area contributed by atoms with Crippen molar-refractivity contribution in [2.45, 2.75) is 33.4 Å². The quantitative estimate of drug-likeness (QED) is 0.769. The van der Waals surface area contributed by atoms with Crippen LogP contribution in [0.2, 0.25) is 0 Å². The number of nitrogens with one attached hydrogen (secondary N) is 1. The van der Waals surface area contributed by atoms with Crippen molar-refractivity contribution in [3.63, 3.8) is 0 Å². The zero-order valence-corrected chi connectivity index (χ0v) is 14.1. The number of rotatable bonds is 5. The lowest BCUT2D eigenvalue weighted by Gasteiger charge is -2.22. The molecule has 0 radical (unpaired) electrons. The van der Waals surface area contributed by atoms with Crippen molar-refractivity contribution in [3.8, 4) is 0 Å². The average Bonchev–Trinajstić information content (AvgIpc) is 3.13. The number of aryl methyl sites for hydroxylation is 1. The highest BCUT2D eigenvalue weighted by Gasteiger charge is 2.26. The highest BCUT2D eigenvalue weighted by atomic mass is 19.2. The van der Waals surface area contributed by atoms with Crippen LogP contribution in [0.1, 0.15) is 31.3 Å². The number of carbonyl (C=O) groups excluding carboxylic acids is 1. The number of hydrogen-bond acceptors (Lipinski definition) is 4. The molecule has 0 bridgehead atoms. The zero-order valence-electron chi connectivity index (χ0n) is 14.1. The molecule has 3 aromatic rings. The molecule has 1 aromatic carbocycles. The normalized spacial score (nSPS) is 12.7. The van der Waals surface area contributed by atoms with E-state index in [0.29, 0.717) is 16.8 Å². The van der Waals surface area contributed by atoms with Crippen LogP contribution in [0, 0.1) is 24.5 Å². The lowest BCUT2D eigenvalue weighted by molar-refractivity contribution is -0.125. The molecule has 2 aromatic heterocycles. The second-order valence-electron chi connectivity index (χ2n) is 6.25. The van der Waals surface area contributed by atoms with Crippen molar-refractivity contribution in [1.82, 2.24) is 20.0 Å². The molecular formula is C17H18F2N4O2. The van der Waals surface area contributed by atoms with Gasteiger partial charge in [0.2, 0.25) is 5.91 Å². The van der Waals surface area contributed by atoms with E-state index in [0.717, 1.165) is 17.8 Å². The fourth-order valence-electron chi connectivity index (χ4n) is 2.77. The number of fused-ring (bicyclic) bond motifs is 1. The predicted molar refractivity (Wildman–Crippen MR) is 86.6 cm³/mol. The number of nitrogens with zero attached hydrogens (tertiary/aromatic N) is 3. The fourth-order valence-corrected chi connectivity index (χ4v) is 2.77. The van der Waals surface area contributed by atoms with E-state index < -0.39 is 17.7 Å². The smallest absolute Gasteiger partial charge is 0.243 e. The van der Waals surface area contributed by atoms with Gasteiger partial charge in [0.15, 0.2) is 17.4 Å². The van der Waals surface area contributed by atoms with Crippen LogP contribution >= 0.6 is 0 Å². The first-order valence-corrected chi connectivity index (χ1v) is 7.88. The van der Waals surface area contributed by atoms with Gasteiger partial charge in [-0.3, -0.25) is 4.79 Å². The average molecular weight is 348 g/mol. The molecule has 8 heteroatoms. The minimum absolute atomic E-state index is 0.0954.